The number of halogens is 2. The summed E-state index contributed by atoms with van der Waals surface area (Å²) in [6, 6.07) is 0. The number of ether oxygens (including phenoxy) is 3. The Balaban J connectivity index is 2.61. The lowest BCUT2D eigenvalue weighted by Gasteiger charge is -2.29. The fourth-order valence-electron chi connectivity index (χ4n) is 1.66. The second kappa shape index (κ2) is 6.76. The first-order chi connectivity index (χ1) is 9.20. The molecular formula is C13H22F2O4S. The van der Waals surface area contributed by atoms with Crippen molar-refractivity contribution in [1.82, 2.24) is 0 Å². The van der Waals surface area contributed by atoms with Gasteiger partial charge in [0.25, 0.3) is 0 Å². The van der Waals surface area contributed by atoms with Crippen molar-refractivity contribution >= 4 is 16.2 Å². The number of unbranched alkanes of at least 4 members (excludes halogenated alkanes) is 1. The average molecular weight is 312 g/mol. The van der Waals surface area contributed by atoms with Crippen LogP contribution in [0.25, 0.3) is 0 Å². The third-order valence-corrected chi connectivity index (χ3v) is 5.46. The lowest BCUT2D eigenvalue weighted by atomic mass is 10.3. The van der Waals surface area contributed by atoms with Gasteiger partial charge in [-0.25, -0.2) is 9.18 Å². The lowest BCUT2D eigenvalue weighted by molar-refractivity contribution is -0.162. The molecule has 1 rings (SSSR count). The Labute approximate surface area is 119 Å². The third kappa shape index (κ3) is 4.63. The molecule has 0 amide bonds. The molecule has 0 aromatic heterocycles. The van der Waals surface area contributed by atoms with Crippen molar-refractivity contribution in [3.05, 3.63) is 11.0 Å². The van der Waals surface area contributed by atoms with Crippen LogP contribution >= 0.6 is 10.0 Å². The van der Waals surface area contributed by atoms with Gasteiger partial charge in [0.2, 0.25) is 5.79 Å². The van der Waals surface area contributed by atoms with Crippen LogP contribution in [-0.4, -0.2) is 43.4 Å². The number of hydrogen-bond acceptors (Lipinski definition) is 4. The predicted octanol–water partition coefficient (Wildman–Crippen LogP) is 3.86. The molecule has 4 nitrogen and oxygen atoms in total. The maximum absolute atomic E-state index is 14.1. The van der Waals surface area contributed by atoms with Crippen LogP contribution in [0.4, 0.5) is 13.6 Å². The molecule has 20 heavy (non-hydrogen) atoms. The molecule has 1 unspecified atom stereocenters. The molecule has 118 valence electrons. The largest absolute Gasteiger partial charge is 0.511 e. The summed E-state index contributed by atoms with van der Waals surface area (Å²) in [6.07, 6.45) is 4.39. The maximum atomic E-state index is 14.1. The topological polar surface area (TPSA) is 44.8 Å². The van der Waals surface area contributed by atoms with Crippen LogP contribution in [0.5, 0.6) is 0 Å². The van der Waals surface area contributed by atoms with Crippen molar-refractivity contribution < 1.29 is 27.8 Å². The number of carbonyl (C=O) groups is 1. The zero-order valence-electron chi connectivity index (χ0n) is 12.3. The molecule has 0 N–H and O–H groups in total. The highest BCUT2D eigenvalue weighted by molar-refractivity contribution is 8.35. The first-order valence-corrected chi connectivity index (χ1v) is 9.07. The summed E-state index contributed by atoms with van der Waals surface area (Å²) >= 11 is 0. The van der Waals surface area contributed by atoms with Crippen molar-refractivity contribution in [2.75, 3.05) is 31.5 Å². The van der Waals surface area contributed by atoms with Gasteiger partial charge in [0.05, 0.1) is 0 Å². The van der Waals surface area contributed by atoms with E-state index in [0.717, 1.165) is 12.8 Å². The number of cyclic esters (lactones) is 2. The SMILES string of the molecule is CCCCS(C)(C)/C(F)=C(\F)COC1(C)COC(=O)O1. The van der Waals surface area contributed by atoms with Crippen LogP contribution in [0.1, 0.15) is 26.7 Å². The van der Waals surface area contributed by atoms with Gasteiger partial charge >= 0.3 is 6.16 Å². The Bertz CT molecular complexity index is 398. The molecule has 1 atom stereocenters. The molecule has 1 fully saturated rings. The Morgan fingerprint density at radius 1 is 1.45 bits per heavy atom. The van der Waals surface area contributed by atoms with E-state index in [1.807, 2.05) is 6.92 Å². The van der Waals surface area contributed by atoms with Crippen LogP contribution in [0.2, 0.25) is 0 Å². The van der Waals surface area contributed by atoms with Gasteiger partial charge in [-0.3, -0.25) is 0 Å². The molecule has 0 radical (unpaired) electrons. The smallest absolute Gasteiger partial charge is 0.427 e. The quantitative estimate of drug-likeness (QED) is 0.670. The van der Waals surface area contributed by atoms with Gasteiger partial charge in [-0.15, -0.1) is 0 Å². The summed E-state index contributed by atoms with van der Waals surface area (Å²) in [4.78, 5) is 10.8. The minimum Gasteiger partial charge on any atom is -0.427 e. The van der Waals surface area contributed by atoms with Gasteiger partial charge in [0, 0.05) is 6.92 Å². The Morgan fingerprint density at radius 2 is 2.10 bits per heavy atom. The van der Waals surface area contributed by atoms with Gasteiger partial charge < -0.3 is 14.2 Å². The van der Waals surface area contributed by atoms with Crippen molar-refractivity contribution in [3.63, 3.8) is 0 Å². The summed E-state index contributed by atoms with van der Waals surface area (Å²) in [5.74, 6) is -1.65. The molecule has 1 aliphatic rings. The molecule has 0 saturated carbocycles. The molecule has 1 saturated heterocycles. The summed E-state index contributed by atoms with van der Waals surface area (Å²) in [6.45, 7) is 2.75. The molecule has 0 aliphatic carbocycles. The Morgan fingerprint density at radius 3 is 2.60 bits per heavy atom. The maximum Gasteiger partial charge on any atom is 0.511 e. The van der Waals surface area contributed by atoms with Gasteiger partial charge in [0.15, 0.2) is 17.6 Å². The zero-order valence-corrected chi connectivity index (χ0v) is 13.1. The van der Waals surface area contributed by atoms with E-state index in [-0.39, 0.29) is 6.61 Å². The van der Waals surface area contributed by atoms with Crippen LogP contribution in [0.3, 0.4) is 0 Å². The second-order valence-corrected chi connectivity index (χ2v) is 9.18. The molecular weight excluding hydrogens is 290 g/mol. The minimum absolute atomic E-state index is 0.132. The Kier molecular flexibility index (Phi) is 5.82. The molecule has 0 aromatic rings. The molecule has 0 spiro atoms. The van der Waals surface area contributed by atoms with Crippen molar-refractivity contribution in [1.29, 1.82) is 0 Å². The summed E-state index contributed by atoms with van der Waals surface area (Å²) in [7, 11) is -1.78. The van der Waals surface area contributed by atoms with Crippen molar-refractivity contribution in [3.8, 4) is 0 Å². The van der Waals surface area contributed by atoms with Gasteiger partial charge in [-0.1, -0.05) is 13.3 Å². The fourth-order valence-corrected chi connectivity index (χ4v) is 3.51. The summed E-state index contributed by atoms with van der Waals surface area (Å²) in [5, 5.41) is -0.736. The normalized spacial score (nSPS) is 25.0. The molecule has 1 aliphatic heterocycles. The molecule has 0 bridgehead atoms. The van der Waals surface area contributed by atoms with Gasteiger partial charge in [-0.05, 0) is 24.7 Å². The van der Waals surface area contributed by atoms with E-state index in [2.05, 4.69) is 4.74 Å². The van der Waals surface area contributed by atoms with Gasteiger partial charge in [0.1, 0.15) is 6.61 Å². The first kappa shape index (κ1) is 17.2. The fraction of sp³-hybridized carbons (Fsp3) is 0.769. The summed E-state index contributed by atoms with van der Waals surface area (Å²) < 4.78 is 42.4. The molecule has 0 aromatic carbocycles. The minimum atomic E-state index is -1.78. The van der Waals surface area contributed by atoms with Crippen LogP contribution in [0.15, 0.2) is 11.0 Å². The Hall–Kier alpha value is -0.820. The number of rotatable bonds is 7. The lowest BCUT2D eigenvalue weighted by Crippen LogP contribution is -2.32. The highest BCUT2D eigenvalue weighted by Gasteiger charge is 2.39. The average Bonchev–Trinajstić information content (AvgIpc) is 2.73. The highest BCUT2D eigenvalue weighted by Crippen LogP contribution is 2.51. The van der Waals surface area contributed by atoms with Crippen molar-refractivity contribution in [2.45, 2.75) is 32.5 Å². The van der Waals surface area contributed by atoms with E-state index >= 15 is 0 Å². The van der Waals surface area contributed by atoms with Crippen LogP contribution in [0, 0.1) is 0 Å². The van der Waals surface area contributed by atoms with Crippen LogP contribution in [-0.2, 0) is 14.2 Å². The van der Waals surface area contributed by atoms with E-state index in [0.29, 0.717) is 5.75 Å². The second-order valence-electron chi connectivity index (χ2n) is 5.34. The third-order valence-electron chi connectivity index (χ3n) is 2.96. The van der Waals surface area contributed by atoms with Gasteiger partial charge in [-0.2, -0.15) is 14.4 Å². The number of hydrogen-bond donors (Lipinski definition) is 0. The monoisotopic (exact) mass is 312 g/mol. The van der Waals surface area contributed by atoms with E-state index in [9.17, 15) is 13.6 Å². The number of carbonyl (C=O) groups excluding carboxylic acids is 1. The van der Waals surface area contributed by atoms with Crippen LogP contribution < -0.4 is 0 Å². The van der Waals surface area contributed by atoms with E-state index in [1.165, 1.54) is 6.92 Å². The predicted molar refractivity (Wildman–Crippen MR) is 75.2 cm³/mol. The van der Waals surface area contributed by atoms with E-state index in [4.69, 9.17) is 9.47 Å². The molecule has 1 heterocycles. The summed E-state index contributed by atoms with van der Waals surface area (Å²) in [5.41, 5.74) is 0. The zero-order chi connectivity index (χ0) is 15.4. The first-order valence-electron chi connectivity index (χ1n) is 6.45. The van der Waals surface area contributed by atoms with E-state index < -0.39 is 39.6 Å². The van der Waals surface area contributed by atoms with E-state index in [1.54, 1.807) is 12.5 Å². The standard InChI is InChI=1S/C13H22F2O4S/c1-5-6-7-20(3,4)11(15)10(14)8-18-13(2)9-17-12(16)19-13/h5-9H2,1-4H3/b11-10-. The van der Waals surface area contributed by atoms with Crippen molar-refractivity contribution in [2.24, 2.45) is 0 Å². The highest BCUT2D eigenvalue weighted by atomic mass is 32.3. The molecule has 7 heteroatoms.